The van der Waals surface area contributed by atoms with E-state index in [1.54, 1.807) is 21.7 Å². The van der Waals surface area contributed by atoms with Crippen molar-refractivity contribution in [1.29, 1.82) is 0 Å². The number of fused-ring (bicyclic) bond motifs is 1. The van der Waals surface area contributed by atoms with Crippen LogP contribution in [0.4, 0.5) is 20.6 Å². The number of amides is 3. The first-order chi connectivity index (χ1) is 14.9. The summed E-state index contributed by atoms with van der Waals surface area (Å²) < 4.78 is 16.1. The number of hydrogen-bond donors (Lipinski definition) is 3. The molecule has 1 aromatic carbocycles. The quantitative estimate of drug-likeness (QED) is 0.596. The second kappa shape index (κ2) is 7.31. The summed E-state index contributed by atoms with van der Waals surface area (Å²) in [7, 11) is 0. The van der Waals surface area contributed by atoms with Gasteiger partial charge in [-0.2, -0.15) is 0 Å². The predicted molar refractivity (Wildman–Crippen MR) is 111 cm³/mol. The van der Waals surface area contributed by atoms with Crippen molar-refractivity contribution < 1.29 is 19.1 Å². The maximum absolute atomic E-state index is 14.5. The van der Waals surface area contributed by atoms with Crippen molar-refractivity contribution in [2.45, 2.75) is 31.3 Å². The number of rotatable bonds is 4. The number of carbonyl (C=O) groups excluding carboxylic acids is 2. The molecule has 3 aromatic rings. The van der Waals surface area contributed by atoms with Crippen LogP contribution in [0.15, 0.2) is 36.8 Å². The molecule has 0 unspecified atom stereocenters. The molecule has 0 radical (unpaired) electrons. The molecule has 3 N–H and O–H groups in total. The van der Waals surface area contributed by atoms with Gasteiger partial charge in [0.15, 0.2) is 0 Å². The van der Waals surface area contributed by atoms with Gasteiger partial charge in [-0.15, -0.1) is 0 Å². The van der Waals surface area contributed by atoms with E-state index in [9.17, 15) is 19.1 Å². The maximum atomic E-state index is 14.5. The van der Waals surface area contributed by atoms with Crippen LogP contribution in [0.5, 0.6) is 0 Å². The molecule has 160 valence electrons. The molecule has 2 aromatic heterocycles. The van der Waals surface area contributed by atoms with E-state index in [-0.39, 0.29) is 11.6 Å². The number of imidazole rings is 1. The Morgan fingerprint density at radius 1 is 1.10 bits per heavy atom. The molecule has 31 heavy (non-hydrogen) atoms. The number of nitrogens with one attached hydrogen (secondary N) is 2. The Morgan fingerprint density at radius 2 is 1.87 bits per heavy atom. The third-order valence-electron chi connectivity index (χ3n) is 5.60. The molecule has 3 amide bonds. The van der Waals surface area contributed by atoms with E-state index < -0.39 is 17.3 Å². The van der Waals surface area contributed by atoms with Gasteiger partial charge in [0.1, 0.15) is 11.4 Å². The summed E-state index contributed by atoms with van der Waals surface area (Å²) >= 11 is 0. The molecule has 1 saturated carbocycles. The van der Waals surface area contributed by atoms with Gasteiger partial charge >= 0.3 is 6.03 Å². The molecule has 1 aliphatic carbocycles. The zero-order valence-electron chi connectivity index (χ0n) is 16.6. The molecule has 0 bridgehead atoms. The first-order valence-electron chi connectivity index (χ1n) is 10.2. The van der Waals surface area contributed by atoms with E-state index in [4.69, 9.17) is 0 Å². The average molecular weight is 424 g/mol. The van der Waals surface area contributed by atoms with Crippen molar-refractivity contribution >= 4 is 29.1 Å². The van der Waals surface area contributed by atoms with Gasteiger partial charge in [-0.1, -0.05) is 0 Å². The Kier molecular flexibility index (Phi) is 4.58. The summed E-state index contributed by atoms with van der Waals surface area (Å²) in [4.78, 5) is 34.6. The highest BCUT2D eigenvalue weighted by Crippen LogP contribution is 2.36. The van der Waals surface area contributed by atoms with Crippen molar-refractivity contribution in [3.05, 3.63) is 42.6 Å². The largest absolute Gasteiger partial charge is 0.380 e. The molecular formula is C21H21FN6O3. The Labute approximate surface area is 176 Å². The first kappa shape index (κ1) is 19.4. The van der Waals surface area contributed by atoms with E-state index in [0.717, 1.165) is 12.8 Å². The van der Waals surface area contributed by atoms with Crippen LogP contribution in [-0.2, 0) is 4.79 Å². The van der Waals surface area contributed by atoms with Crippen LogP contribution in [0.2, 0.25) is 0 Å². The number of halogens is 1. The fourth-order valence-corrected chi connectivity index (χ4v) is 3.59. The Morgan fingerprint density at radius 3 is 2.61 bits per heavy atom. The van der Waals surface area contributed by atoms with Gasteiger partial charge in [-0.3, -0.25) is 9.20 Å². The highest BCUT2D eigenvalue weighted by Gasteiger charge is 2.48. The van der Waals surface area contributed by atoms with Crippen LogP contribution in [0.1, 0.15) is 25.7 Å². The Hall–Kier alpha value is -3.53. The Bertz CT molecular complexity index is 1180. The predicted octanol–water partition coefficient (Wildman–Crippen LogP) is 2.63. The summed E-state index contributed by atoms with van der Waals surface area (Å²) in [6.45, 7) is 1.43. The minimum absolute atomic E-state index is 0.204. The number of aliphatic hydroxyl groups is 1. The molecule has 3 heterocycles. The first-order valence-corrected chi connectivity index (χ1v) is 10.2. The lowest BCUT2D eigenvalue weighted by Gasteiger charge is -2.16. The monoisotopic (exact) mass is 424 g/mol. The fraction of sp³-hybridized carbons (Fsp3) is 0.333. The van der Waals surface area contributed by atoms with Crippen molar-refractivity contribution in [1.82, 2.24) is 19.3 Å². The van der Waals surface area contributed by atoms with Crippen LogP contribution >= 0.6 is 0 Å². The Balaban J connectivity index is 1.39. The molecule has 5 rings (SSSR count). The van der Waals surface area contributed by atoms with Gasteiger partial charge in [0.2, 0.25) is 5.78 Å². The second-order valence-electron chi connectivity index (χ2n) is 7.98. The van der Waals surface area contributed by atoms with E-state index in [1.807, 2.05) is 0 Å². The van der Waals surface area contributed by atoms with Crippen molar-refractivity contribution in [2.75, 3.05) is 23.7 Å². The smallest absolute Gasteiger partial charge is 0.321 e. The van der Waals surface area contributed by atoms with Crippen LogP contribution in [0, 0.1) is 5.82 Å². The molecule has 9 nitrogen and oxygen atoms in total. The van der Waals surface area contributed by atoms with Crippen molar-refractivity contribution in [2.24, 2.45) is 0 Å². The highest BCUT2D eigenvalue weighted by atomic mass is 19.1. The SMILES string of the molecule is O=C(Nc1ccc(F)c(-c2cn3cc(NC(=O)C4(O)CC4)cnc3n2)c1)N1CCCC1. The standard InChI is InChI=1S/C21H21FN6O3/c22-16-4-3-13(25-20(30)27-7-1-2-8-27)9-15(16)17-12-28-11-14(10-23-19(28)26-17)24-18(29)21(31)5-6-21/h3-4,9-12,31H,1-2,5-8H2,(H,24,29)(H,25,30). The molecule has 10 heteroatoms. The zero-order valence-corrected chi connectivity index (χ0v) is 16.6. The van der Waals surface area contributed by atoms with Crippen molar-refractivity contribution in [3.8, 4) is 11.3 Å². The van der Waals surface area contributed by atoms with E-state index >= 15 is 0 Å². The third-order valence-corrected chi connectivity index (χ3v) is 5.60. The number of hydrogen-bond acceptors (Lipinski definition) is 5. The lowest BCUT2D eigenvalue weighted by molar-refractivity contribution is -0.125. The van der Waals surface area contributed by atoms with Crippen LogP contribution in [0.25, 0.3) is 17.0 Å². The zero-order chi connectivity index (χ0) is 21.6. The highest BCUT2D eigenvalue weighted by molar-refractivity contribution is 5.99. The molecular weight excluding hydrogens is 403 g/mol. The second-order valence-corrected chi connectivity index (χ2v) is 7.98. The average Bonchev–Trinajstić information content (AvgIpc) is 3.17. The molecule has 2 aliphatic rings. The molecule has 1 saturated heterocycles. The maximum Gasteiger partial charge on any atom is 0.321 e. The number of nitrogens with zero attached hydrogens (tertiary/aromatic N) is 4. The topological polar surface area (TPSA) is 112 Å². The lowest BCUT2D eigenvalue weighted by atomic mass is 10.1. The number of anilines is 2. The number of benzene rings is 1. The van der Waals surface area contributed by atoms with Gasteiger partial charge in [0, 0.05) is 36.7 Å². The molecule has 2 fully saturated rings. The van der Waals surface area contributed by atoms with Gasteiger partial charge in [-0.05, 0) is 43.9 Å². The molecule has 0 spiro atoms. The third kappa shape index (κ3) is 3.81. The number of aromatic nitrogens is 3. The summed E-state index contributed by atoms with van der Waals surface area (Å²) in [5.74, 6) is -0.627. The summed E-state index contributed by atoms with van der Waals surface area (Å²) in [5.41, 5.74) is 0.144. The van der Waals surface area contributed by atoms with Crippen LogP contribution in [-0.4, -0.2) is 55.0 Å². The summed E-state index contributed by atoms with van der Waals surface area (Å²) in [6, 6.07) is 4.13. The number of urea groups is 1. The van der Waals surface area contributed by atoms with E-state index in [0.29, 0.717) is 48.8 Å². The van der Waals surface area contributed by atoms with E-state index in [2.05, 4.69) is 20.6 Å². The van der Waals surface area contributed by atoms with Crippen LogP contribution in [0.3, 0.4) is 0 Å². The van der Waals surface area contributed by atoms with Gasteiger partial charge in [-0.25, -0.2) is 19.2 Å². The fourth-order valence-electron chi connectivity index (χ4n) is 3.59. The summed E-state index contributed by atoms with van der Waals surface area (Å²) in [6.07, 6.45) is 7.46. The molecule has 1 aliphatic heterocycles. The minimum atomic E-state index is -1.29. The normalized spacial score (nSPS) is 17.0. The van der Waals surface area contributed by atoms with Crippen LogP contribution < -0.4 is 10.6 Å². The minimum Gasteiger partial charge on any atom is -0.380 e. The molecule has 0 atom stereocenters. The number of carbonyl (C=O) groups is 2. The summed E-state index contributed by atoms with van der Waals surface area (Å²) in [5, 5.41) is 15.3. The van der Waals surface area contributed by atoms with Gasteiger partial charge in [0.25, 0.3) is 5.91 Å². The van der Waals surface area contributed by atoms with Gasteiger partial charge < -0.3 is 20.6 Å². The van der Waals surface area contributed by atoms with E-state index in [1.165, 1.54) is 24.4 Å². The van der Waals surface area contributed by atoms with Gasteiger partial charge in [0.05, 0.1) is 17.6 Å². The lowest BCUT2D eigenvalue weighted by Crippen LogP contribution is -2.32. The van der Waals surface area contributed by atoms with Crippen molar-refractivity contribution in [3.63, 3.8) is 0 Å². The number of likely N-dealkylation sites (tertiary alicyclic amines) is 1.